The van der Waals surface area contributed by atoms with Gasteiger partial charge in [0.15, 0.2) is 11.6 Å². The van der Waals surface area contributed by atoms with Crippen molar-refractivity contribution in [1.29, 1.82) is 0 Å². The number of rotatable bonds is 2. The highest BCUT2D eigenvalue weighted by molar-refractivity contribution is 9.12. The predicted molar refractivity (Wildman–Crippen MR) is 146 cm³/mol. The zero-order chi connectivity index (χ0) is 27.0. The first-order chi connectivity index (χ1) is 18.1. The smallest absolute Gasteiger partial charge is 0.238 e. The number of aromatic hydroxyl groups is 1. The second kappa shape index (κ2) is 8.89. The number of phenolic OH excluding ortho intramolecular Hbond substituents is 1. The highest BCUT2D eigenvalue weighted by Crippen LogP contribution is 2.55. The molecule has 1 fully saturated rings. The van der Waals surface area contributed by atoms with Crippen LogP contribution < -0.4 is 4.90 Å². The van der Waals surface area contributed by atoms with Gasteiger partial charge in [-0.1, -0.05) is 41.4 Å². The molecule has 2 aromatic rings. The van der Waals surface area contributed by atoms with Gasteiger partial charge in [-0.3, -0.25) is 19.2 Å². The Hall–Kier alpha value is -3.29. The second-order valence-electron chi connectivity index (χ2n) is 10.4. The van der Waals surface area contributed by atoms with E-state index in [1.165, 1.54) is 11.0 Å². The van der Waals surface area contributed by atoms with E-state index in [4.69, 9.17) is 11.6 Å². The monoisotopic (exact) mass is 591 g/mol. The van der Waals surface area contributed by atoms with E-state index in [0.29, 0.717) is 33.8 Å². The summed E-state index contributed by atoms with van der Waals surface area (Å²) in [7, 11) is 0. The summed E-state index contributed by atoms with van der Waals surface area (Å²) in [4.78, 5) is 55.3. The van der Waals surface area contributed by atoms with Crippen molar-refractivity contribution in [2.24, 2.45) is 17.8 Å². The third-order valence-corrected chi connectivity index (χ3v) is 9.30. The number of imide groups is 1. The number of Topliss-reactive ketones (excluding diaryl/α,β-unsaturated/α-hetero) is 1. The second-order valence-corrected chi connectivity index (χ2v) is 11.6. The molecule has 1 aliphatic heterocycles. The molecular formula is C30H23BrClNO5. The van der Waals surface area contributed by atoms with Crippen LogP contribution in [-0.2, 0) is 19.2 Å². The van der Waals surface area contributed by atoms with Gasteiger partial charge in [-0.25, -0.2) is 4.90 Å². The summed E-state index contributed by atoms with van der Waals surface area (Å²) >= 11 is 9.56. The third kappa shape index (κ3) is 3.59. The average Bonchev–Trinajstić information content (AvgIpc) is 3.14. The van der Waals surface area contributed by atoms with Gasteiger partial charge in [0.1, 0.15) is 5.75 Å². The number of anilines is 1. The number of allylic oxidation sites excluding steroid dienone is 6. The maximum absolute atomic E-state index is 13.9. The summed E-state index contributed by atoms with van der Waals surface area (Å²) in [5.41, 5.74) is 4.32. The summed E-state index contributed by atoms with van der Waals surface area (Å²) in [6.45, 7) is 3.62. The van der Waals surface area contributed by atoms with E-state index in [9.17, 15) is 24.3 Å². The molecule has 4 unspecified atom stereocenters. The van der Waals surface area contributed by atoms with Gasteiger partial charge < -0.3 is 5.11 Å². The van der Waals surface area contributed by atoms with Crippen LogP contribution in [-0.4, -0.2) is 28.5 Å². The Labute approximate surface area is 232 Å². The fourth-order valence-electron chi connectivity index (χ4n) is 6.42. The van der Waals surface area contributed by atoms with Gasteiger partial charge in [0.05, 0.1) is 22.0 Å². The van der Waals surface area contributed by atoms with Crippen molar-refractivity contribution >= 4 is 56.6 Å². The molecule has 0 aromatic heterocycles. The molecule has 6 nitrogen and oxygen atoms in total. The van der Waals surface area contributed by atoms with Gasteiger partial charge in [0.25, 0.3) is 0 Å². The van der Waals surface area contributed by atoms with Crippen LogP contribution in [0.25, 0.3) is 0 Å². The summed E-state index contributed by atoms with van der Waals surface area (Å²) in [6.07, 6.45) is 3.84. The van der Waals surface area contributed by atoms with E-state index < -0.39 is 23.7 Å². The lowest BCUT2D eigenvalue weighted by molar-refractivity contribution is -0.123. The van der Waals surface area contributed by atoms with E-state index >= 15 is 0 Å². The summed E-state index contributed by atoms with van der Waals surface area (Å²) in [6, 6.07) is 10.3. The normalized spacial score (nSPS) is 26.7. The summed E-state index contributed by atoms with van der Waals surface area (Å²) in [5, 5.41) is 10.6. The predicted octanol–water partition coefficient (Wildman–Crippen LogP) is 5.63. The molecule has 0 radical (unpaired) electrons. The van der Waals surface area contributed by atoms with Crippen molar-refractivity contribution < 1.29 is 24.3 Å². The quantitative estimate of drug-likeness (QED) is 0.277. The van der Waals surface area contributed by atoms with Crippen molar-refractivity contribution in [3.8, 4) is 5.75 Å². The van der Waals surface area contributed by atoms with Crippen LogP contribution in [0.2, 0.25) is 5.02 Å². The zero-order valence-corrected chi connectivity index (χ0v) is 23.0. The van der Waals surface area contributed by atoms with Gasteiger partial charge in [-0.05, 0) is 83.4 Å². The Kier molecular flexibility index (Phi) is 5.85. The number of aryl methyl sites for hydroxylation is 2. The standard InChI is InChI=1S/C30H23BrClNO5/c1-13-3-5-16(10-22(13)32)33-29(37)18-7-6-17-19(26(18)30(33)38)11-20-27(24(35)12-21(31)28(20)36)25(17)15-4-8-23(34)14(2)9-15/h3-6,8-10,12,18-19,25-26,34H,7,11H2,1-2H3. The Morgan fingerprint density at radius 2 is 1.74 bits per heavy atom. The molecule has 3 aliphatic carbocycles. The van der Waals surface area contributed by atoms with Gasteiger partial charge in [-0.15, -0.1) is 0 Å². The SMILES string of the molecule is Cc1cc(C2C3=CCC4C(=O)N(c5ccc(C)c(Cl)c5)C(=O)C4C3CC3=C2C(=O)C=C(Br)C3=O)ccc1O. The van der Waals surface area contributed by atoms with Crippen molar-refractivity contribution in [3.63, 3.8) is 0 Å². The Morgan fingerprint density at radius 3 is 2.45 bits per heavy atom. The topological polar surface area (TPSA) is 91.8 Å². The minimum absolute atomic E-state index is 0.130. The maximum atomic E-state index is 13.9. The number of phenols is 1. The summed E-state index contributed by atoms with van der Waals surface area (Å²) in [5.74, 6) is -3.20. The molecule has 0 spiro atoms. The van der Waals surface area contributed by atoms with Crippen LogP contribution in [0.5, 0.6) is 5.75 Å². The van der Waals surface area contributed by atoms with Gasteiger partial charge in [0, 0.05) is 28.2 Å². The van der Waals surface area contributed by atoms with E-state index in [2.05, 4.69) is 15.9 Å². The van der Waals surface area contributed by atoms with E-state index in [-0.39, 0.29) is 40.0 Å². The van der Waals surface area contributed by atoms with Crippen molar-refractivity contribution in [3.05, 3.63) is 91.5 Å². The molecule has 1 N–H and O–H groups in total. The molecular weight excluding hydrogens is 570 g/mol. The van der Waals surface area contributed by atoms with Crippen LogP contribution in [0.1, 0.15) is 35.4 Å². The molecule has 4 atom stereocenters. The van der Waals surface area contributed by atoms with Crippen LogP contribution in [0.4, 0.5) is 5.69 Å². The molecule has 0 saturated carbocycles. The largest absolute Gasteiger partial charge is 0.508 e. The number of nitrogens with zero attached hydrogens (tertiary/aromatic N) is 1. The Balaban J connectivity index is 1.49. The number of amides is 2. The van der Waals surface area contributed by atoms with E-state index in [1.54, 1.807) is 37.3 Å². The fourth-order valence-corrected chi connectivity index (χ4v) is 7.04. The van der Waals surface area contributed by atoms with Gasteiger partial charge in [-0.2, -0.15) is 0 Å². The highest BCUT2D eigenvalue weighted by atomic mass is 79.9. The number of halogens is 2. The number of hydrogen-bond acceptors (Lipinski definition) is 5. The van der Waals surface area contributed by atoms with Crippen molar-refractivity contribution in [2.45, 2.75) is 32.6 Å². The van der Waals surface area contributed by atoms with E-state index in [0.717, 1.165) is 16.7 Å². The number of carbonyl (C=O) groups excluding carboxylic acids is 4. The number of fused-ring (bicyclic) bond motifs is 3. The van der Waals surface area contributed by atoms with Crippen LogP contribution in [0.3, 0.4) is 0 Å². The van der Waals surface area contributed by atoms with Crippen molar-refractivity contribution in [2.75, 3.05) is 4.90 Å². The lowest BCUT2D eigenvalue weighted by Crippen LogP contribution is -2.39. The molecule has 0 bridgehead atoms. The average molecular weight is 593 g/mol. The number of ketones is 2. The maximum Gasteiger partial charge on any atom is 0.238 e. The molecule has 2 amide bonds. The lowest BCUT2D eigenvalue weighted by atomic mass is 9.59. The number of benzene rings is 2. The zero-order valence-electron chi connectivity index (χ0n) is 20.6. The molecule has 2 aromatic carbocycles. The first kappa shape index (κ1) is 25.0. The minimum Gasteiger partial charge on any atom is -0.508 e. The third-order valence-electron chi connectivity index (χ3n) is 8.30. The Bertz CT molecular complexity index is 1580. The molecule has 8 heteroatoms. The first-order valence-electron chi connectivity index (χ1n) is 12.4. The molecule has 1 saturated heterocycles. The minimum atomic E-state index is -0.662. The van der Waals surface area contributed by atoms with E-state index in [1.807, 2.05) is 19.1 Å². The summed E-state index contributed by atoms with van der Waals surface area (Å²) < 4.78 is 0.187. The van der Waals surface area contributed by atoms with Gasteiger partial charge in [0.2, 0.25) is 11.8 Å². The number of hydrogen-bond donors (Lipinski definition) is 1. The molecule has 6 rings (SSSR count). The fraction of sp³-hybridized carbons (Fsp3) is 0.267. The molecule has 1 heterocycles. The van der Waals surface area contributed by atoms with Crippen LogP contribution in [0, 0.1) is 31.6 Å². The first-order valence-corrected chi connectivity index (χ1v) is 13.6. The van der Waals surface area contributed by atoms with Gasteiger partial charge >= 0.3 is 0 Å². The lowest BCUT2D eigenvalue weighted by Gasteiger charge is -2.42. The van der Waals surface area contributed by atoms with Crippen LogP contribution >= 0.6 is 27.5 Å². The van der Waals surface area contributed by atoms with Crippen LogP contribution in [0.15, 0.2) is 69.8 Å². The number of carbonyl (C=O) groups is 4. The molecule has 38 heavy (non-hydrogen) atoms. The molecule has 192 valence electrons. The molecule has 4 aliphatic rings. The Morgan fingerprint density at radius 1 is 0.974 bits per heavy atom. The highest BCUT2D eigenvalue weighted by Gasteiger charge is 2.56. The van der Waals surface area contributed by atoms with Crippen molar-refractivity contribution in [1.82, 2.24) is 0 Å².